The van der Waals surface area contributed by atoms with E-state index in [4.69, 9.17) is 4.42 Å². The number of amides is 1. The number of nitrogens with zero attached hydrogens (tertiary/aromatic N) is 1. The number of nitrogens with one attached hydrogen (secondary N) is 1. The summed E-state index contributed by atoms with van der Waals surface area (Å²) in [4.78, 5) is 12.4. The second kappa shape index (κ2) is 7.58. The fourth-order valence-corrected chi connectivity index (χ4v) is 3.92. The lowest BCUT2D eigenvalue weighted by atomic mass is 10.0. The number of benzene rings is 1. The largest absolute Gasteiger partial charge is 0.450 e. The van der Waals surface area contributed by atoms with Crippen molar-refractivity contribution >= 4 is 26.9 Å². The Morgan fingerprint density at radius 2 is 1.84 bits per heavy atom. The molecule has 0 fully saturated rings. The molecule has 6 nitrogen and oxygen atoms in total. The number of carbonyl (C=O) groups excluding carboxylic acids is 1. The highest BCUT2D eigenvalue weighted by Gasteiger charge is 2.20. The molecule has 0 unspecified atom stereocenters. The van der Waals surface area contributed by atoms with Crippen molar-refractivity contribution < 1.29 is 17.6 Å². The Morgan fingerprint density at radius 1 is 1.20 bits per heavy atom. The first-order chi connectivity index (χ1) is 11.7. The summed E-state index contributed by atoms with van der Waals surface area (Å²) in [6.07, 6.45) is 1.74. The van der Waals surface area contributed by atoms with E-state index in [0.717, 1.165) is 27.7 Å². The minimum absolute atomic E-state index is 0.269. The van der Waals surface area contributed by atoms with E-state index in [9.17, 15) is 13.2 Å². The maximum atomic E-state index is 12.4. The molecular formula is C18H26N2O4S. The van der Waals surface area contributed by atoms with Gasteiger partial charge in [0, 0.05) is 30.6 Å². The van der Waals surface area contributed by atoms with Crippen molar-refractivity contribution in [3.05, 3.63) is 34.6 Å². The molecule has 1 N–H and O–H groups in total. The van der Waals surface area contributed by atoms with Gasteiger partial charge in [0.2, 0.25) is 10.0 Å². The van der Waals surface area contributed by atoms with E-state index in [1.807, 2.05) is 32.9 Å². The third kappa shape index (κ3) is 4.22. The quantitative estimate of drug-likeness (QED) is 0.764. The topological polar surface area (TPSA) is 79.6 Å². The van der Waals surface area contributed by atoms with E-state index >= 15 is 0 Å². The van der Waals surface area contributed by atoms with Gasteiger partial charge in [0.15, 0.2) is 5.76 Å². The molecule has 2 rings (SSSR count). The predicted octanol–water partition coefficient (Wildman–Crippen LogP) is 2.76. The molecule has 0 radical (unpaired) electrons. The van der Waals surface area contributed by atoms with Crippen LogP contribution in [0.5, 0.6) is 0 Å². The minimum atomic E-state index is -3.20. The molecule has 1 heterocycles. The summed E-state index contributed by atoms with van der Waals surface area (Å²) < 4.78 is 30.3. The predicted molar refractivity (Wildman–Crippen MR) is 99.5 cm³/mol. The monoisotopic (exact) mass is 366 g/mol. The number of sulfonamides is 1. The SMILES string of the molecule is CCN(CCCNC(=O)c1oc2c(C)ccc(C)c2c1C)S(C)(=O)=O. The third-order valence-electron chi connectivity index (χ3n) is 4.38. The van der Waals surface area contributed by atoms with Crippen molar-refractivity contribution in [2.75, 3.05) is 25.9 Å². The number of fused-ring (bicyclic) bond motifs is 1. The van der Waals surface area contributed by atoms with Crippen LogP contribution in [0.2, 0.25) is 0 Å². The lowest BCUT2D eigenvalue weighted by Crippen LogP contribution is -2.33. The summed E-state index contributed by atoms with van der Waals surface area (Å²) >= 11 is 0. The van der Waals surface area contributed by atoms with Crippen LogP contribution in [0.15, 0.2) is 16.5 Å². The molecule has 138 valence electrons. The van der Waals surface area contributed by atoms with E-state index in [1.54, 1.807) is 6.92 Å². The van der Waals surface area contributed by atoms with E-state index in [0.29, 0.717) is 31.8 Å². The fourth-order valence-electron chi connectivity index (χ4n) is 2.99. The average molecular weight is 366 g/mol. The second-order valence-electron chi connectivity index (χ2n) is 6.32. The van der Waals surface area contributed by atoms with Crippen LogP contribution in [0.25, 0.3) is 11.0 Å². The summed E-state index contributed by atoms with van der Waals surface area (Å²) in [5, 5.41) is 3.80. The van der Waals surface area contributed by atoms with Crippen LogP contribution in [-0.2, 0) is 10.0 Å². The zero-order valence-corrected chi connectivity index (χ0v) is 16.3. The van der Waals surface area contributed by atoms with E-state index in [1.165, 1.54) is 10.6 Å². The van der Waals surface area contributed by atoms with Gasteiger partial charge < -0.3 is 9.73 Å². The highest BCUT2D eigenvalue weighted by Crippen LogP contribution is 2.30. The van der Waals surface area contributed by atoms with Gasteiger partial charge in [-0.1, -0.05) is 19.1 Å². The number of hydrogen-bond donors (Lipinski definition) is 1. The summed E-state index contributed by atoms with van der Waals surface area (Å²) in [5.74, 6) is 0.0535. The lowest BCUT2D eigenvalue weighted by molar-refractivity contribution is 0.0926. The number of rotatable bonds is 7. The highest BCUT2D eigenvalue weighted by atomic mass is 32.2. The van der Waals surface area contributed by atoms with Gasteiger partial charge >= 0.3 is 0 Å². The van der Waals surface area contributed by atoms with E-state index in [-0.39, 0.29) is 5.91 Å². The Bertz CT molecular complexity index is 884. The molecule has 7 heteroatoms. The first-order valence-corrected chi connectivity index (χ1v) is 10.2. The third-order valence-corrected chi connectivity index (χ3v) is 5.76. The van der Waals surface area contributed by atoms with Crippen molar-refractivity contribution in [2.24, 2.45) is 0 Å². The van der Waals surface area contributed by atoms with Crippen molar-refractivity contribution in [2.45, 2.75) is 34.1 Å². The lowest BCUT2D eigenvalue weighted by Gasteiger charge is -2.17. The molecule has 0 saturated carbocycles. The first-order valence-electron chi connectivity index (χ1n) is 8.39. The Morgan fingerprint density at radius 3 is 2.40 bits per heavy atom. The van der Waals surface area contributed by atoms with Crippen LogP contribution in [0, 0.1) is 20.8 Å². The van der Waals surface area contributed by atoms with Gasteiger partial charge in [0.1, 0.15) is 5.58 Å². The van der Waals surface area contributed by atoms with Crippen LogP contribution < -0.4 is 5.32 Å². The second-order valence-corrected chi connectivity index (χ2v) is 8.31. The molecule has 0 bridgehead atoms. The van der Waals surface area contributed by atoms with E-state index in [2.05, 4.69) is 5.32 Å². The van der Waals surface area contributed by atoms with Gasteiger partial charge in [-0.3, -0.25) is 4.79 Å². The number of aryl methyl sites for hydroxylation is 3. The molecule has 0 atom stereocenters. The van der Waals surface area contributed by atoms with Crippen molar-refractivity contribution in [1.82, 2.24) is 9.62 Å². The first kappa shape index (κ1) is 19.5. The minimum Gasteiger partial charge on any atom is -0.450 e. The number of hydrogen-bond acceptors (Lipinski definition) is 4. The van der Waals surface area contributed by atoms with Gasteiger partial charge in [0.05, 0.1) is 6.26 Å². The molecule has 1 amide bonds. The Kier molecular flexibility index (Phi) is 5.90. The van der Waals surface area contributed by atoms with Crippen LogP contribution >= 0.6 is 0 Å². The standard InChI is InChI=1S/C18H26N2O4S/c1-6-20(25(5,22)23)11-7-10-19-18(21)17-14(4)15-12(2)8-9-13(3)16(15)24-17/h8-9H,6-7,10-11H2,1-5H3,(H,19,21). The summed E-state index contributed by atoms with van der Waals surface area (Å²) in [6, 6.07) is 4.00. The zero-order chi connectivity index (χ0) is 18.8. The molecule has 0 aliphatic carbocycles. The smallest absolute Gasteiger partial charge is 0.287 e. The van der Waals surface area contributed by atoms with Crippen molar-refractivity contribution in [3.63, 3.8) is 0 Å². The average Bonchev–Trinajstić information content (AvgIpc) is 2.88. The van der Waals surface area contributed by atoms with Gasteiger partial charge in [0.25, 0.3) is 5.91 Å². The summed E-state index contributed by atoms with van der Waals surface area (Å²) in [7, 11) is -3.20. The van der Waals surface area contributed by atoms with Crippen molar-refractivity contribution in [3.8, 4) is 0 Å². The normalized spacial score (nSPS) is 12.1. The molecule has 2 aromatic rings. The maximum absolute atomic E-state index is 12.4. The Hall–Kier alpha value is -1.86. The van der Waals surface area contributed by atoms with E-state index < -0.39 is 10.0 Å². The van der Waals surface area contributed by atoms with Gasteiger partial charge in [-0.2, -0.15) is 0 Å². The molecular weight excluding hydrogens is 340 g/mol. The fraction of sp³-hybridized carbons (Fsp3) is 0.500. The molecule has 1 aromatic heterocycles. The highest BCUT2D eigenvalue weighted by molar-refractivity contribution is 7.88. The van der Waals surface area contributed by atoms with Gasteiger partial charge in [-0.05, 0) is 38.3 Å². The Balaban J connectivity index is 2.05. The number of furan rings is 1. The zero-order valence-electron chi connectivity index (χ0n) is 15.5. The molecule has 25 heavy (non-hydrogen) atoms. The van der Waals surface area contributed by atoms with Crippen molar-refractivity contribution in [1.29, 1.82) is 0 Å². The van der Waals surface area contributed by atoms with Crippen LogP contribution in [0.4, 0.5) is 0 Å². The molecule has 0 spiro atoms. The molecule has 0 saturated heterocycles. The molecule has 0 aliphatic heterocycles. The van der Waals surface area contributed by atoms with Gasteiger partial charge in [-0.25, -0.2) is 12.7 Å². The molecule has 1 aromatic carbocycles. The van der Waals surface area contributed by atoms with Gasteiger partial charge in [-0.15, -0.1) is 0 Å². The summed E-state index contributed by atoms with van der Waals surface area (Å²) in [6.45, 7) is 8.82. The number of carbonyl (C=O) groups is 1. The molecule has 0 aliphatic rings. The van der Waals surface area contributed by atoms with Crippen LogP contribution in [0.1, 0.15) is 40.6 Å². The summed E-state index contributed by atoms with van der Waals surface area (Å²) in [5.41, 5.74) is 3.65. The van der Waals surface area contributed by atoms with Crippen LogP contribution in [0.3, 0.4) is 0 Å². The Labute approximate surface area is 149 Å². The van der Waals surface area contributed by atoms with Crippen LogP contribution in [-0.4, -0.2) is 44.5 Å². The maximum Gasteiger partial charge on any atom is 0.287 e.